The molecular formula is C24H25F3N4O3. The third kappa shape index (κ3) is 3.85. The number of hydrogen-bond acceptors (Lipinski definition) is 5. The topological polar surface area (TPSA) is 90.1 Å². The fourth-order valence-electron chi connectivity index (χ4n) is 5.00. The number of pyridine rings is 1. The number of benzene rings is 1. The minimum Gasteiger partial charge on any atom is -0.389 e. The Morgan fingerprint density at radius 3 is 2.68 bits per heavy atom. The molecule has 3 N–H and O–H groups in total. The predicted octanol–water partition coefficient (Wildman–Crippen LogP) is 2.70. The number of rotatable bonds is 2. The lowest BCUT2D eigenvalue weighted by atomic mass is 9.76. The molecule has 1 unspecified atom stereocenters. The lowest BCUT2D eigenvalue weighted by Crippen LogP contribution is -2.65. The van der Waals surface area contributed by atoms with Gasteiger partial charge in [-0.3, -0.25) is 4.79 Å². The van der Waals surface area contributed by atoms with Crippen LogP contribution in [-0.4, -0.2) is 55.1 Å². The van der Waals surface area contributed by atoms with E-state index in [2.05, 4.69) is 16.4 Å². The van der Waals surface area contributed by atoms with Crippen molar-refractivity contribution in [3.05, 3.63) is 70.7 Å². The van der Waals surface area contributed by atoms with Crippen molar-refractivity contribution in [2.75, 3.05) is 13.1 Å². The van der Waals surface area contributed by atoms with Crippen molar-refractivity contribution >= 4 is 11.6 Å². The highest BCUT2D eigenvalue weighted by Crippen LogP contribution is 2.34. The monoisotopic (exact) mass is 474 g/mol. The molecule has 180 valence electrons. The molecule has 1 amide bonds. The smallest absolute Gasteiger partial charge is 0.389 e. The minimum atomic E-state index is -4.61. The number of aliphatic hydroxyl groups is 2. The van der Waals surface area contributed by atoms with E-state index in [4.69, 9.17) is 0 Å². The van der Waals surface area contributed by atoms with E-state index in [0.717, 1.165) is 16.7 Å². The van der Waals surface area contributed by atoms with Crippen LogP contribution in [0.1, 0.15) is 52.2 Å². The van der Waals surface area contributed by atoms with Crippen molar-refractivity contribution < 1.29 is 28.2 Å². The van der Waals surface area contributed by atoms with Crippen LogP contribution >= 0.6 is 0 Å². The largest absolute Gasteiger partial charge is 0.417 e. The van der Waals surface area contributed by atoms with Crippen LogP contribution in [0, 0.1) is 0 Å². The maximum atomic E-state index is 13.3. The third-order valence-electron chi connectivity index (χ3n) is 6.98. The summed E-state index contributed by atoms with van der Waals surface area (Å²) in [4.78, 5) is 18.9. The van der Waals surface area contributed by atoms with Gasteiger partial charge in [-0.1, -0.05) is 24.3 Å². The Bertz CT molecular complexity index is 1260. The molecule has 4 heterocycles. The Kier molecular flexibility index (Phi) is 5.42. The molecule has 0 bridgehead atoms. The van der Waals surface area contributed by atoms with E-state index in [1.807, 2.05) is 18.2 Å². The molecule has 1 aromatic carbocycles. The number of alkyl halides is 3. The highest BCUT2D eigenvalue weighted by atomic mass is 19.4. The number of carbonyl (C=O) groups excluding carboxylic acids is 1. The van der Waals surface area contributed by atoms with E-state index >= 15 is 0 Å². The SMILES string of the molecule is CC(O)c1cc(C(F)(F)F)cn2cc(C(=O)N3CC[C@]4(Cc5ccccc5CN4)[C@H](O)C3)nc12. The molecule has 1 saturated heterocycles. The van der Waals surface area contributed by atoms with Crippen molar-refractivity contribution in [1.29, 1.82) is 0 Å². The molecule has 2 aromatic heterocycles. The molecule has 10 heteroatoms. The number of aliphatic hydroxyl groups excluding tert-OH is 2. The molecule has 0 radical (unpaired) electrons. The van der Waals surface area contributed by atoms with Crippen molar-refractivity contribution in [3.63, 3.8) is 0 Å². The molecule has 5 rings (SSSR count). The van der Waals surface area contributed by atoms with E-state index < -0.39 is 35.4 Å². The first kappa shape index (κ1) is 22.8. The second kappa shape index (κ2) is 8.07. The van der Waals surface area contributed by atoms with Gasteiger partial charge in [0.1, 0.15) is 11.3 Å². The summed E-state index contributed by atoms with van der Waals surface area (Å²) in [6.07, 6.45) is -3.35. The Morgan fingerprint density at radius 2 is 2.00 bits per heavy atom. The number of hydrogen-bond donors (Lipinski definition) is 3. The van der Waals surface area contributed by atoms with Gasteiger partial charge in [0, 0.05) is 37.6 Å². The number of nitrogens with zero attached hydrogens (tertiary/aromatic N) is 3. The van der Waals surface area contributed by atoms with Crippen LogP contribution in [0.3, 0.4) is 0 Å². The summed E-state index contributed by atoms with van der Waals surface area (Å²) >= 11 is 0. The summed E-state index contributed by atoms with van der Waals surface area (Å²) in [5, 5.41) is 24.5. The summed E-state index contributed by atoms with van der Waals surface area (Å²) in [6.45, 7) is 2.44. The van der Waals surface area contributed by atoms with Gasteiger partial charge >= 0.3 is 6.18 Å². The van der Waals surface area contributed by atoms with Gasteiger partial charge < -0.3 is 24.8 Å². The number of halogens is 3. The van der Waals surface area contributed by atoms with Gasteiger partial charge in [-0.15, -0.1) is 0 Å². The van der Waals surface area contributed by atoms with Gasteiger partial charge in [0.25, 0.3) is 5.91 Å². The summed E-state index contributed by atoms with van der Waals surface area (Å²) in [7, 11) is 0. The Hall–Kier alpha value is -2.95. The van der Waals surface area contributed by atoms with Crippen molar-refractivity contribution in [1.82, 2.24) is 19.6 Å². The van der Waals surface area contributed by atoms with Gasteiger partial charge in [0.2, 0.25) is 0 Å². The molecule has 2 aliphatic rings. The molecule has 3 atom stereocenters. The molecule has 34 heavy (non-hydrogen) atoms. The zero-order valence-electron chi connectivity index (χ0n) is 18.5. The van der Waals surface area contributed by atoms with Crippen LogP contribution in [0.25, 0.3) is 5.65 Å². The molecule has 1 spiro atoms. The Balaban J connectivity index is 1.39. The number of carbonyl (C=O) groups is 1. The van der Waals surface area contributed by atoms with Gasteiger partial charge in [-0.2, -0.15) is 13.2 Å². The highest BCUT2D eigenvalue weighted by Gasteiger charge is 2.45. The number of fused-ring (bicyclic) bond motifs is 2. The second-order valence-electron chi connectivity index (χ2n) is 9.19. The fourth-order valence-corrected chi connectivity index (χ4v) is 5.00. The molecule has 2 aliphatic heterocycles. The van der Waals surface area contributed by atoms with Gasteiger partial charge in [-0.25, -0.2) is 4.98 Å². The maximum absolute atomic E-state index is 13.3. The van der Waals surface area contributed by atoms with Crippen LogP contribution in [0.15, 0.2) is 42.7 Å². The summed E-state index contributed by atoms with van der Waals surface area (Å²) in [6, 6.07) is 8.90. The summed E-state index contributed by atoms with van der Waals surface area (Å²) in [5.74, 6) is -0.473. The van der Waals surface area contributed by atoms with Crippen molar-refractivity contribution in [3.8, 4) is 0 Å². The van der Waals surface area contributed by atoms with E-state index in [0.29, 0.717) is 25.9 Å². The van der Waals surface area contributed by atoms with Gasteiger partial charge in [0.05, 0.1) is 23.3 Å². The number of β-amino-alcohol motifs (C(OH)–C–C–N with tert-alkyl or cyclic N) is 1. The zero-order chi connectivity index (χ0) is 24.3. The number of piperidine rings is 1. The minimum absolute atomic E-state index is 0.0171. The van der Waals surface area contributed by atoms with Gasteiger partial charge in [-0.05, 0) is 37.0 Å². The number of amides is 1. The highest BCUT2D eigenvalue weighted by molar-refractivity contribution is 5.93. The van der Waals surface area contributed by atoms with Crippen LogP contribution in [0.4, 0.5) is 13.2 Å². The first-order valence-corrected chi connectivity index (χ1v) is 11.1. The average Bonchev–Trinajstić information content (AvgIpc) is 3.23. The summed E-state index contributed by atoms with van der Waals surface area (Å²) < 4.78 is 41.0. The second-order valence-corrected chi connectivity index (χ2v) is 9.19. The van der Waals surface area contributed by atoms with Gasteiger partial charge in [0.15, 0.2) is 0 Å². The normalized spacial score (nSPS) is 23.8. The molecule has 0 aliphatic carbocycles. The predicted molar refractivity (Wildman–Crippen MR) is 117 cm³/mol. The number of likely N-dealkylation sites (tertiary alicyclic amines) is 1. The van der Waals surface area contributed by atoms with E-state index in [-0.39, 0.29) is 23.4 Å². The first-order chi connectivity index (χ1) is 16.1. The quantitative estimate of drug-likeness (QED) is 0.532. The first-order valence-electron chi connectivity index (χ1n) is 11.1. The number of nitrogens with one attached hydrogen (secondary N) is 1. The molecule has 3 aromatic rings. The van der Waals surface area contributed by atoms with E-state index in [1.54, 1.807) is 0 Å². The number of aromatic nitrogens is 2. The summed E-state index contributed by atoms with van der Waals surface area (Å²) in [5.41, 5.74) is 0.924. The van der Waals surface area contributed by atoms with Crippen LogP contribution in [0.5, 0.6) is 0 Å². The lowest BCUT2D eigenvalue weighted by Gasteiger charge is -2.48. The third-order valence-corrected chi connectivity index (χ3v) is 6.98. The van der Waals surface area contributed by atoms with Crippen molar-refractivity contribution in [2.45, 2.75) is 50.2 Å². The lowest BCUT2D eigenvalue weighted by molar-refractivity contribution is -0.138. The molecular weight excluding hydrogens is 449 g/mol. The number of imidazole rings is 1. The molecule has 1 fully saturated rings. The standard InChI is InChI=1S/C24H25F3N4O3/c1-14(32)18-8-17(24(25,26)27)11-31-12-19(29-21(18)31)22(34)30-7-6-23(20(33)13-30)9-15-4-2-3-5-16(15)10-28-23/h2-5,8,11-12,14,20,28,32-33H,6-7,9-10,13H2,1H3/t14?,20-,23+/m1/s1. The van der Waals surface area contributed by atoms with Crippen LogP contribution < -0.4 is 5.32 Å². The maximum Gasteiger partial charge on any atom is 0.417 e. The average molecular weight is 474 g/mol. The zero-order valence-corrected chi connectivity index (χ0v) is 18.5. The molecule has 7 nitrogen and oxygen atoms in total. The van der Waals surface area contributed by atoms with E-state index in [9.17, 15) is 28.2 Å². The fraction of sp³-hybridized carbons (Fsp3) is 0.417. The van der Waals surface area contributed by atoms with E-state index in [1.165, 1.54) is 29.1 Å². The van der Waals surface area contributed by atoms with Crippen LogP contribution in [-0.2, 0) is 19.1 Å². The van der Waals surface area contributed by atoms with Crippen molar-refractivity contribution in [2.24, 2.45) is 0 Å². The van der Waals surface area contributed by atoms with Crippen LogP contribution in [0.2, 0.25) is 0 Å². The Labute approximate surface area is 193 Å². The molecule has 0 saturated carbocycles. The Morgan fingerprint density at radius 1 is 1.26 bits per heavy atom.